The summed E-state index contributed by atoms with van der Waals surface area (Å²) in [5, 5.41) is 0.289. The second-order valence-electron chi connectivity index (χ2n) is 3.75. The Morgan fingerprint density at radius 3 is 1.21 bits per heavy atom. The third kappa shape index (κ3) is 6.91. The summed E-state index contributed by atoms with van der Waals surface area (Å²) in [4.78, 5) is 0. The molecular formula is C13H13BF4S. The SMILES string of the molecule is F[B-](F)(F)F.[SH2+]C(c1ccccc1)c1ccccc1. The lowest BCUT2D eigenvalue weighted by atomic mass is 10.0. The van der Waals surface area contributed by atoms with Gasteiger partial charge < -0.3 is 17.3 Å². The van der Waals surface area contributed by atoms with Crippen molar-refractivity contribution < 1.29 is 17.3 Å². The van der Waals surface area contributed by atoms with E-state index in [-0.39, 0.29) is 5.25 Å². The molecule has 0 nitrogen and oxygen atoms in total. The number of rotatable bonds is 2. The maximum absolute atomic E-state index is 9.75. The molecule has 0 saturated carbocycles. The van der Waals surface area contributed by atoms with Crippen molar-refractivity contribution in [2.45, 2.75) is 5.25 Å². The Bertz CT molecular complexity index is 428. The van der Waals surface area contributed by atoms with Gasteiger partial charge in [-0.05, 0) is 12.6 Å². The standard InChI is InChI=1S/C13H12S.BF4/c14-13(11-7-3-1-4-8-11)12-9-5-2-6-10-12;2-1(3,4)5/h1-10,13-14H;/q;-1/p+1. The van der Waals surface area contributed by atoms with Crippen LogP contribution in [0.4, 0.5) is 17.3 Å². The first-order valence-electron chi connectivity index (χ1n) is 5.56. The van der Waals surface area contributed by atoms with Crippen molar-refractivity contribution in [2.75, 3.05) is 0 Å². The molecule has 0 saturated heterocycles. The predicted molar refractivity (Wildman–Crippen MR) is 75.1 cm³/mol. The normalized spacial score (nSPS) is 10.8. The maximum atomic E-state index is 9.75. The van der Waals surface area contributed by atoms with Crippen molar-refractivity contribution in [3.05, 3.63) is 71.8 Å². The van der Waals surface area contributed by atoms with Crippen molar-refractivity contribution in [2.24, 2.45) is 0 Å². The molecule has 2 aromatic rings. The highest BCUT2D eigenvalue weighted by Gasteiger charge is 2.20. The van der Waals surface area contributed by atoms with E-state index in [0.717, 1.165) is 0 Å². The zero-order valence-corrected chi connectivity index (χ0v) is 10.9. The largest absolute Gasteiger partial charge is 0.673 e. The Labute approximate surface area is 115 Å². The fourth-order valence-electron chi connectivity index (χ4n) is 1.48. The van der Waals surface area contributed by atoms with Crippen LogP contribution in [0.15, 0.2) is 60.7 Å². The first-order valence-corrected chi connectivity index (χ1v) is 6.14. The van der Waals surface area contributed by atoms with Crippen LogP contribution in [0.5, 0.6) is 0 Å². The molecule has 0 bridgehead atoms. The molecule has 0 radical (unpaired) electrons. The molecule has 0 aromatic heterocycles. The Kier molecular flexibility index (Phi) is 5.95. The molecule has 0 aliphatic rings. The van der Waals surface area contributed by atoms with Gasteiger partial charge in [0.15, 0.2) is 5.25 Å². The Hall–Kier alpha value is -1.43. The Morgan fingerprint density at radius 2 is 0.947 bits per heavy atom. The Balaban J connectivity index is 0.000000312. The van der Waals surface area contributed by atoms with Gasteiger partial charge in [-0.15, -0.1) is 0 Å². The first kappa shape index (κ1) is 15.6. The van der Waals surface area contributed by atoms with Crippen molar-refractivity contribution in [3.63, 3.8) is 0 Å². The lowest BCUT2D eigenvalue weighted by Crippen LogP contribution is -2.02. The van der Waals surface area contributed by atoms with Gasteiger partial charge in [0.1, 0.15) is 0 Å². The average molecular weight is 288 g/mol. The van der Waals surface area contributed by atoms with Gasteiger partial charge in [0.2, 0.25) is 0 Å². The van der Waals surface area contributed by atoms with Crippen LogP contribution in [0.3, 0.4) is 0 Å². The molecule has 0 fully saturated rings. The fraction of sp³-hybridized carbons (Fsp3) is 0.0769. The van der Waals surface area contributed by atoms with Crippen molar-refractivity contribution >= 4 is 19.9 Å². The molecule has 2 rings (SSSR count). The molecule has 0 spiro atoms. The van der Waals surface area contributed by atoms with Crippen LogP contribution in [0.25, 0.3) is 0 Å². The lowest BCUT2D eigenvalue weighted by molar-refractivity contribution is 0.368. The van der Waals surface area contributed by atoms with E-state index in [0.29, 0.717) is 0 Å². The van der Waals surface area contributed by atoms with Gasteiger partial charge in [0, 0.05) is 11.1 Å². The number of hydrogen-bond acceptors (Lipinski definition) is 0. The monoisotopic (exact) mass is 288 g/mol. The number of hydrogen-bond donors (Lipinski definition) is 0. The van der Waals surface area contributed by atoms with E-state index >= 15 is 0 Å². The first-order chi connectivity index (χ1) is 8.88. The second kappa shape index (κ2) is 7.23. The summed E-state index contributed by atoms with van der Waals surface area (Å²) in [5.41, 5.74) is 2.57. The van der Waals surface area contributed by atoms with Crippen LogP contribution >= 0.6 is 0 Å². The zero-order chi connectivity index (χ0) is 14.3. The van der Waals surface area contributed by atoms with E-state index < -0.39 is 7.25 Å². The summed E-state index contributed by atoms with van der Waals surface area (Å²) in [6.45, 7) is 0. The number of benzene rings is 2. The van der Waals surface area contributed by atoms with Crippen LogP contribution < -0.4 is 0 Å². The fourth-order valence-corrected chi connectivity index (χ4v) is 1.87. The smallest absolute Gasteiger partial charge is 0.418 e. The molecule has 0 aliphatic heterocycles. The summed E-state index contributed by atoms with van der Waals surface area (Å²) in [6, 6.07) is 20.8. The molecular weight excluding hydrogens is 275 g/mol. The highest BCUT2D eigenvalue weighted by molar-refractivity contribution is 7.59. The lowest BCUT2D eigenvalue weighted by Gasteiger charge is -2.05. The Morgan fingerprint density at radius 1 is 0.684 bits per heavy atom. The average Bonchev–Trinajstić information content (AvgIpc) is 2.38. The van der Waals surface area contributed by atoms with Gasteiger partial charge in [-0.1, -0.05) is 60.7 Å². The number of halogens is 4. The summed E-state index contributed by atoms with van der Waals surface area (Å²) in [7, 11) is -6.00. The highest BCUT2D eigenvalue weighted by Crippen LogP contribution is 2.21. The summed E-state index contributed by atoms with van der Waals surface area (Å²) < 4.78 is 39.0. The summed E-state index contributed by atoms with van der Waals surface area (Å²) in [6.07, 6.45) is 0. The molecule has 0 aliphatic carbocycles. The molecule has 0 amide bonds. The van der Waals surface area contributed by atoms with E-state index in [4.69, 9.17) is 0 Å². The van der Waals surface area contributed by atoms with E-state index in [1.807, 2.05) is 12.1 Å². The van der Waals surface area contributed by atoms with Crippen LogP contribution in [0, 0.1) is 0 Å². The van der Waals surface area contributed by atoms with Crippen LogP contribution in [0.2, 0.25) is 0 Å². The molecule has 0 unspecified atom stereocenters. The predicted octanol–water partition coefficient (Wildman–Crippen LogP) is 4.09. The highest BCUT2D eigenvalue weighted by atomic mass is 32.1. The van der Waals surface area contributed by atoms with E-state index in [9.17, 15) is 17.3 Å². The topological polar surface area (TPSA) is 0 Å². The zero-order valence-electron chi connectivity index (χ0n) is 9.94. The minimum atomic E-state index is -6.00. The maximum Gasteiger partial charge on any atom is 0.673 e. The van der Waals surface area contributed by atoms with Gasteiger partial charge in [-0.3, -0.25) is 0 Å². The van der Waals surface area contributed by atoms with Gasteiger partial charge >= 0.3 is 7.25 Å². The van der Waals surface area contributed by atoms with Gasteiger partial charge in [-0.25, -0.2) is 0 Å². The van der Waals surface area contributed by atoms with Crippen molar-refractivity contribution in [3.8, 4) is 0 Å². The molecule has 0 N–H and O–H groups in total. The van der Waals surface area contributed by atoms with Gasteiger partial charge in [0.05, 0.1) is 0 Å². The third-order valence-electron chi connectivity index (χ3n) is 2.27. The van der Waals surface area contributed by atoms with Crippen LogP contribution in [-0.2, 0) is 12.6 Å². The quantitative estimate of drug-likeness (QED) is 0.443. The molecule has 0 heterocycles. The summed E-state index contributed by atoms with van der Waals surface area (Å²) >= 11 is 3.75. The molecule has 6 heteroatoms. The van der Waals surface area contributed by atoms with Crippen molar-refractivity contribution in [1.29, 1.82) is 0 Å². The molecule has 2 aromatic carbocycles. The van der Waals surface area contributed by atoms with E-state index in [1.54, 1.807) is 0 Å². The third-order valence-corrected chi connectivity index (χ3v) is 2.93. The van der Waals surface area contributed by atoms with Crippen LogP contribution in [0.1, 0.15) is 16.4 Å². The molecule has 102 valence electrons. The minimum absolute atomic E-state index is 0.289. The molecule has 19 heavy (non-hydrogen) atoms. The van der Waals surface area contributed by atoms with Crippen LogP contribution in [-0.4, -0.2) is 7.25 Å². The van der Waals surface area contributed by atoms with Gasteiger partial charge in [0.25, 0.3) is 0 Å². The molecule has 0 atom stereocenters. The minimum Gasteiger partial charge on any atom is -0.418 e. The van der Waals surface area contributed by atoms with E-state index in [2.05, 4.69) is 61.2 Å². The second-order valence-corrected chi connectivity index (χ2v) is 4.33. The summed E-state index contributed by atoms with van der Waals surface area (Å²) in [5.74, 6) is 0. The van der Waals surface area contributed by atoms with Crippen molar-refractivity contribution in [1.82, 2.24) is 0 Å². The van der Waals surface area contributed by atoms with E-state index in [1.165, 1.54) is 11.1 Å². The van der Waals surface area contributed by atoms with Gasteiger partial charge in [-0.2, -0.15) is 0 Å².